The van der Waals surface area contributed by atoms with Crippen molar-refractivity contribution in [2.75, 3.05) is 0 Å². The van der Waals surface area contributed by atoms with E-state index in [9.17, 15) is 0 Å². The fourth-order valence-electron chi connectivity index (χ4n) is 2.04. The molecule has 1 atom stereocenters. The van der Waals surface area contributed by atoms with E-state index in [4.69, 9.17) is 0 Å². The number of unbranched alkanes of at least 4 members (excludes halogenated alkanes) is 6. The van der Waals surface area contributed by atoms with Crippen LogP contribution in [0, 0.1) is 5.92 Å². The van der Waals surface area contributed by atoms with Gasteiger partial charge in [-0.15, -0.1) is 0 Å². The van der Waals surface area contributed by atoms with Gasteiger partial charge in [0, 0.05) is 18.3 Å². The largest absolute Gasteiger partial charge is 0.240 e. The average molecular weight is 221 g/mol. The van der Waals surface area contributed by atoms with Crippen LogP contribution in [0.2, 0.25) is 0 Å². The van der Waals surface area contributed by atoms with Crippen LogP contribution in [0.5, 0.6) is 0 Å². The van der Waals surface area contributed by atoms with Crippen molar-refractivity contribution >= 4 is 5.84 Å². The number of aliphatic imine (C=N–C) groups is 1. The van der Waals surface area contributed by atoms with Crippen LogP contribution in [-0.2, 0) is 0 Å². The van der Waals surface area contributed by atoms with Gasteiger partial charge in [-0.2, -0.15) is 0 Å². The molecule has 2 nitrogen and oxygen atoms in total. The average Bonchev–Trinajstić information content (AvgIpc) is 2.81. The van der Waals surface area contributed by atoms with Crippen LogP contribution >= 0.6 is 0 Å². The number of hydrogen-bond acceptors (Lipinski definition) is 1. The molecule has 1 heterocycles. The van der Waals surface area contributed by atoms with Crippen LogP contribution in [0.15, 0.2) is 17.4 Å². The molecule has 0 N–H and O–H groups in total. The second-order valence-electron chi connectivity index (χ2n) is 4.73. The Balaban J connectivity index is 1.91. The summed E-state index contributed by atoms with van der Waals surface area (Å²) in [4.78, 5) is 4.24. The van der Waals surface area contributed by atoms with Crippen LogP contribution in [0.1, 0.15) is 65.2 Å². The lowest BCUT2D eigenvalue weighted by Gasteiger charge is -2.09. The van der Waals surface area contributed by atoms with E-state index in [0.717, 1.165) is 5.84 Å². The second-order valence-corrected chi connectivity index (χ2v) is 4.73. The molecular weight excluding hydrogens is 196 g/mol. The van der Waals surface area contributed by atoms with E-state index in [1.807, 2.05) is 0 Å². The van der Waals surface area contributed by atoms with Crippen LogP contribution < -0.4 is 5.32 Å². The minimum atomic E-state index is 0.533. The quantitative estimate of drug-likeness (QED) is 0.520. The van der Waals surface area contributed by atoms with Crippen LogP contribution in [-0.4, -0.2) is 5.84 Å². The summed E-state index contributed by atoms with van der Waals surface area (Å²) in [7, 11) is 0. The number of amidine groups is 1. The van der Waals surface area contributed by atoms with E-state index >= 15 is 0 Å². The number of hydrogen-bond donors (Lipinski definition) is 0. The Bertz CT molecular complexity index is 231. The maximum Gasteiger partial charge on any atom is 0.131 e. The first-order chi connectivity index (χ1) is 7.84. The third-order valence-corrected chi connectivity index (χ3v) is 3.16. The zero-order chi connectivity index (χ0) is 11.6. The Morgan fingerprint density at radius 3 is 2.31 bits per heavy atom. The maximum atomic E-state index is 4.24. The molecule has 1 rings (SSSR count). The van der Waals surface area contributed by atoms with Gasteiger partial charge in [0.1, 0.15) is 5.84 Å². The zero-order valence-electron chi connectivity index (χ0n) is 10.8. The van der Waals surface area contributed by atoms with Gasteiger partial charge >= 0.3 is 0 Å². The van der Waals surface area contributed by atoms with Crippen LogP contribution in [0.3, 0.4) is 0 Å². The smallest absolute Gasteiger partial charge is 0.131 e. The summed E-state index contributed by atoms with van der Waals surface area (Å²) in [6.45, 7) is 4.49. The molecule has 1 aliphatic rings. The predicted molar refractivity (Wildman–Crippen MR) is 70.5 cm³/mol. The molecule has 0 amide bonds. The molecule has 0 aliphatic carbocycles. The molecule has 1 aliphatic heterocycles. The first kappa shape index (κ1) is 13.3. The molecule has 91 valence electrons. The zero-order valence-corrected chi connectivity index (χ0v) is 10.8. The third-order valence-electron chi connectivity index (χ3n) is 3.16. The Morgan fingerprint density at radius 1 is 1.00 bits per heavy atom. The maximum absolute atomic E-state index is 4.24. The van der Waals surface area contributed by atoms with Crippen molar-refractivity contribution in [3.8, 4) is 0 Å². The van der Waals surface area contributed by atoms with Crippen molar-refractivity contribution in [3.05, 3.63) is 12.4 Å². The summed E-state index contributed by atoms with van der Waals surface area (Å²) in [5.74, 6) is 1.55. The molecule has 0 bridgehead atoms. The lowest BCUT2D eigenvalue weighted by molar-refractivity contribution is 0.545. The van der Waals surface area contributed by atoms with E-state index in [1.165, 1.54) is 51.4 Å². The van der Waals surface area contributed by atoms with E-state index < -0.39 is 0 Å². The molecule has 2 heteroatoms. The summed E-state index contributed by atoms with van der Waals surface area (Å²) < 4.78 is 0. The van der Waals surface area contributed by atoms with Crippen molar-refractivity contribution in [2.45, 2.75) is 65.2 Å². The molecule has 0 saturated heterocycles. The van der Waals surface area contributed by atoms with E-state index in [0.29, 0.717) is 5.92 Å². The highest BCUT2D eigenvalue weighted by molar-refractivity contribution is 5.86. The normalized spacial score (nSPS) is 16.0. The lowest BCUT2D eigenvalue weighted by Crippen LogP contribution is -2.16. The monoisotopic (exact) mass is 221 g/mol. The molecule has 1 radical (unpaired) electrons. The van der Waals surface area contributed by atoms with Gasteiger partial charge in [0.15, 0.2) is 0 Å². The highest BCUT2D eigenvalue weighted by Crippen LogP contribution is 2.14. The SMILES string of the molecule is CCCCCCCCCC(C)C1=NC=C[N]1. The van der Waals surface area contributed by atoms with Gasteiger partial charge in [0.25, 0.3) is 0 Å². The van der Waals surface area contributed by atoms with Crippen molar-refractivity contribution in [1.29, 1.82) is 0 Å². The van der Waals surface area contributed by atoms with Crippen LogP contribution in [0.25, 0.3) is 0 Å². The minimum Gasteiger partial charge on any atom is -0.240 e. The topological polar surface area (TPSA) is 26.5 Å². The predicted octanol–water partition coefficient (Wildman–Crippen LogP) is 4.25. The van der Waals surface area contributed by atoms with Crippen molar-refractivity contribution in [1.82, 2.24) is 5.32 Å². The molecule has 0 saturated carbocycles. The van der Waals surface area contributed by atoms with Gasteiger partial charge in [-0.1, -0.05) is 58.8 Å². The third kappa shape index (κ3) is 5.34. The van der Waals surface area contributed by atoms with Gasteiger partial charge in [-0.25, -0.2) is 10.3 Å². The Labute approximate surface area is 100 Å². The molecule has 0 aromatic rings. The standard InChI is InChI=1S/C14H25N2/c1-3-4-5-6-7-8-9-10-13(2)14-15-11-12-16-14/h11-13H,3-10H2,1-2H3. The Kier molecular flexibility index (Phi) is 6.95. The molecule has 16 heavy (non-hydrogen) atoms. The van der Waals surface area contributed by atoms with E-state index in [2.05, 4.69) is 24.2 Å². The Hall–Kier alpha value is -0.790. The first-order valence-electron chi connectivity index (χ1n) is 6.78. The highest BCUT2D eigenvalue weighted by Gasteiger charge is 2.11. The molecule has 0 fully saturated rings. The van der Waals surface area contributed by atoms with E-state index in [1.54, 1.807) is 12.4 Å². The number of rotatable bonds is 9. The van der Waals surface area contributed by atoms with Gasteiger partial charge < -0.3 is 0 Å². The van der Waals surface area contributed by atoms with Crippen molar-refractivity contribution in [3.63, 3.8) is 0 Å². The van der Waals surface area contributed by atoms with Gasteiger partial charge in [-0.05, 0) is 6.42 Å². The van der Waals surface area contributed by atoms with E-state index in [-0.39, 0.29) is 0 Å². The summed E-state index contributed by atoms with van der Waals surface area (Å²) in [5, 5.41) is 4.24. The molecule has 0 aromatic heterocycles. The van der Waals surface area contributed by atoms with Gasteiger partial charge in [0.2, 0.25) is 0 Å². The van der Waals surface area contributed by atoms with Crippen molar-refractivity contribution in [2.24, 2.45) is 10.9 Å². The van der Waals surface area contributed by atoms with Gasteiger partial charge in [0.05, 0.1) is 0 Å². The highest BCUT2D eigenvalue weighted by atomic mass is 15.0. The summed E-state index contributed by atoms with van der Waals surface area (Å²) in [6, 6.07) is 0. The lowest BCUT2D eigenvalue weighted by atomic mass is 10.0. The molecule has 1 unspecified atom stereocenters. The molecular formula is C14H25N2. The summed E-state index contributed by atoms with van der Waals surface area (Å²) >= 11 is 0. The van der Waals surface area contributed by atoms with Crippen molar-refractivity contribution < 1.29 is 0 Å². The second kappa shape index (κ2) is 8.37. The summed E-state index contributed by atoms with van der Waals surface area (Å²) in [5.41, 5.74) is 0. The summed E-state index contributed by atoms with van der Waals surface area (Å²) in [6.07, 6.45) is 14.5. The fraction of sp³-hybridized carbons (Fsp3) is 0.786. The molecule has 0 aromatic carbocycles. The fourth-order valence-corrected chi connectivity index (χ4v) is 2.04. The van der Waals surface area contributed by atoms with Gasteiger partial charge in [-0.3, -0.25) is 0 Å². The first-order valence-corrected chi connectivity index (χ1v) is 6.78. The minimum absolute atomic E-state index is 0.533. The number of nitrogens with zero attached hydrogens (tertiary/aromatic N) is 2. The molecule has 0 spiro atoms. The Morgan fingerprint density at radius 2 is 1.69 bits per heavy atom. The van der Waals surface area contributed by atoms with Crippen LogP contribution in [0.4, 0.5) is 0 Å².